The fourth-order valence-electron chi connectivity index (χ4n) is 1.73. The fourth-order valence-corrected chi connectivity index (χ4v) is 3.81. The lowest BCUT2D eigenvalue weighted by Gasteiger charge is -2.13. The molecule has 0 aliphatic rings. The second-order valence-electron chi connectivity index (χ2n) is 4.73. The third-order valence-electron chi connectivity index (χ3n) is 2.81. The Morgan fingerprint density at radius 3 is 1.70 bits per heavy atom. The van der Waals surface area contributed by atoms with Crippen molar-refractivity contribution in [1.82, 2.24) is 0 Å². The summed E-state index contributed by atoms with van der Waals surface area (Å²) in [4.78, 5) is -0.00381. The first-order valence-corrected chi connectivity index (χ1v) is 9.56. The van der Waals surface area contributed by atoms with Gasteiger partial charge in [0.05, 0.1) is 22.5 Å². The van der Waals surface area contributed by atoms with Crippen LogP contribution in [0.4, 0.5) is 0 Å². The zero-order valence-corrected chi connectivity index (χ0v) is 14.0. The normalized spacial score (nSPS) is 13.6. The van der Waals surface area contributed by atoms with Gasteiger partial charge < -0.3 is 0 Å². The second kappa shape index (κ2) is 7.22. The predicted molar refractivity (Wildman–Crippen MR) is 83.8 cm³/mol. The minimum absolute atomic E-state index is 0.00174. The first-order chi connectivity index (χ1) is 10.8. The summed E-state index contributed by atoms with van der Waals surface area (Å²) in [5.41, 5.74) is 0. The molecule has 2 aromatic rings. The van der Waals surface area contributed by atoms with E-state index in [-0.39, 0.29) is 9.79 Å². The summed E-state index contributed by atoms with van der Waals surface area (Å²) in [6.45, 7) is 1.00. The maximum absolute atomic E-state index is 12.0. The van der Waals surface area contributed by atoms with Gasteiger partial charge in [-0.25, -0.2) is 0 Å². The maximum Gasteiger partial charge on any atom is 0.297 e. The van der Waals surface area contributed by atoms with E-state index in [0.29, 0.717) is 0 Å². The zero-order chi connectivity index (χ0) is 16.9. The van der Waals surface area contributed by atoms with Crippen LogP contribution < -0.4 is 0 Å². The van der Waals surface area contributed by atoms with E-state index in [1.54, 1.807) is 36.4 Å². The molecule has 8 heteroatoms. The van der Waals surface area contributed by atoms with Gasteiger partial charge in [-0.1, -0.05) is 36.4 Å². The largest absolute Gasteiger partial charge is 0.297 e. The van der Waals surface area contributed by atoms with Crippen molar-refractivity contribution in [2.45, 2.75) is 22.8 Å². The fraction of sp³-hybridized carbons (Fsp3) is 0.200. The monoisotopic (exact) mass is 356 g/mol. The number of hydrogen-bond donors (Lipinski definition) is 0. The van der Waals surface area contributed by atoms with Gasteiger partial charge >= 0.3 is 0 Å². The van der Waals surface area contributed by atoms with Crippen LogP contribution >= 0.6 is 0 Å². The summed E-state index contributed by atoms with van der Waals surface area (Å²) >= 11 is 0. The molecule has 1 atom stereocenters. The summed E-state index contributed by atoms with van der Waals surface area (Å²) < 4.78 is 57.7. The molecule has 1 unspecified atom stereocenters. The topological polar surface area (TPSA) is 86.7 Å². The van der Waals surface area contributed by atoms with Crippen LogP contribution in [0.2, 0.25) is 0 Å². The molecular weight excluding hydrogens is 340 g/mol. The highest BCUT2D eigenvalue weighted by atomic mass is 32.2. The van der Waals surface area contributed by atoms with Gasteiger partial charge in [-0.05, 0) is 31.2 Å². The van der Waals surface area contributed by atoms with Crippen LogP contribution in [0.5, 0.6) is 0 Å². The molecule has 0 saturated carbocycles. The molecule has 0 aliphatic heterocycles. The van der Waals surface area contributed by atoms with Crippen molar-refractivity contribution < 1.29 is 25.2 Å². The Labute approximate surface area is 135 Å². The first kappa shape index (κ1) is 17.6. The van der Waals surface area contributed by atoms with Crippen LogP contribution in [0, 0.1) is 0 Å². The lowest BCUT2D eigenvalue weighted by Crippen LogP contribution is -2.22. The van der Waals surface area contributed by atoms with Gasteiger partial charge in [-0.2, -0.15) is 16.8 Å². The van der Waals surface area contributed by atoms with Gasteiger partial charge in [0.25, 0.3) is 20.2 Å². The smallest absolute Gasteiger partial charge is 0.264 e. The van der Waals surface area contributed by atoms with Crippen LogP contribution in [0.15, 0.2) is 70.5 Å². The van der Waals surface area contributed by atoms with Gasteiger partial charge in [0.2, 0.25) is 0 Å². The van der Waals surface area contributed by atoms with Crippen molar-refractivity contribution in [2.24, 2.45) is 0 Å². The Morgan fingerprint density at radius 1 is 0.783 bits per heavy atom. The number of rotatable bonds is 7. The van der Waals surface area contributed by atoms with Crippen LogP contribution in [0.1, 0.15) is 6.92 Å². The van der Waals surface area contributed by atoms with E-state index in [4.69, 9.17) is 8.37 Å². The average molecular weight is 356 g/mol. The van der Waals surface area contributed by atoms with E-state index >= 15 is 0 Å². The van der Waals surface area contributed by atoms with Crippen LogP contribution in [0.3, 0.4) is 0 Å². The predicted octanol–water partition coefficient (Wildman–Crippen LogP) is 2.19. The lowest BCUT2D eigenvalue weighted by molar-refractivity contribution is 0.152. The quantitative estimate of drug-likeness (QED) is 0.707. The van der Waals surface area contributed by atoms with Crippen molar-refractivity contribution >= 4 is 20.2 Å². The summed E-state index contributed by atoms with van der Waals surface area (Å²) in [5.74, 6) is 0. The Balaban J connectivity index is 1.99. The van der Waals surface area contributed by atoms with Gasteiger partial charge in [0, 0.05) is 0 Å². The van der Waals surface area contributed by atoms with Crippen molar-refractivity contribution in [2.75, 3.05) is 6.61 Å². The summed E-state index contributed by atoms with van der Waals surface area (Å²) in [5, 5.41) is 0. The molecule has 0 aromatic heterocycles. The molecule has 6 nitrogen and oxygen atoms in total. The van der Waals surface area contributed by atoms with Gasteiger partial charge in [-0.15, -0.1) is 0 Å². The van der Waals surface area contributed by atoms with Crippen LogP contribution in [0.25, 0.3) is 0 Å². The van der Waals surface area contributed by atoms with E-state index in [0.717, 1.165) is 0 Å². The molecule has 0 fully saturated rings. The molecule has 124 valence electrons. The standard InChI is InChI=1S/C15H16O6S2/c1-13(21-23(18,19)15-10-6-3-7-11-15)12-20-22(16,17)14-8-4-2-5-9-14/h2-11,13H,12H2,1H3. The zero-order valence-electron chi connectivity index (χ0n) is 12.3. The molecular formula is C15H16O6S2. The Kier molecular flexibility index (Phi) is 5.53. The highest BCUT2D eigenvalue weighted by Gasteiger charge is 2.22. The van der Waals surface area contributed by atoms with E-state index in [9.17, 15) is 16.8 Å². The third kappa shape index (κ3) is 4.87. The number of hydrogen-bond acceptors (Lipinski definition) is 6. The molecule has 0 spiro atoms. The number of benzene rings is 2. The summed E-state index contributed by atoms with van der Waals surface area (Å²) in [7, 11) is -7.92. The van der Waals surface area contributed by atoms with E-state index in [1.165, 1.54) is 31.2 Å². The Morgan fingerprint density at radius 2 is 1.22 bits per heavy atom. The SMILES string of the molecule is CC(COS(=O)(=O)c1ccccc1)OS(=O)(=O)c1ccccc1. The highest BCUT2D eigenvalue weighted by molar-refractivity contribution is 7.87. The van der Waals surface area contributed by atoms with Gasteiger partial charge in [0.1, 0.15) is 0 Å². The average Bonchev–Trinajstić information content (AvgIpc) is 2.54. The third-order valence-corrected chi connectivity index (χ3v) is 5.54. The Hall–Kier alpha value is -1.74. The van der Waals surface area contributed by atoms with Crippen molar-refractivity contribution in [3.8, 4) is 0 Å². The molecule has 0 amide bonds. The van der Waals surface area contributed by atoms with Crippen molar-refractivity contribution in [3.63, 3.8) is 0 Å². The molecule has 2 rings (SSSR count). The molecule has 0 N–H and O–H groups in total. The van der Waals surface area contributed by atoms with Crippen LogP contribution in [-0.2, 0) is 28.6 Å². The lowest BCUT2D eigenvalue weighted by atomic mass is 10.4. The van der Waals surface area contributed by atoms with E-state index in [1.807, 2.05) is 0 Å². The second-order valence-corrected chi connectivity index (χ2v) is 7.91. The molecule has 0 aliphatic carbocycles. The van der Waals surface area contributed by atoms with Crippen LogP contribution in [-0.4, -0.2) is 29.5 Å². The van der Waals surface area contributed by atoms with E-state index < -0.39 is 32.9 Å². The summed E-state index contributed by atoms with van der Waals surface area (Å²) in [6, 6.07) is 15.2. The van der Waals surface area contributed by atoms with Gasteiger partial charge in [0.15, 0.2) is 0 Å². The van der Waals surface area contributed by atoms with Gasteiger partial charge in [-0.3, -0.25) is 8.37 Å². The molecule has 2 aromatic carbocycles. The minimum atomic E-state index is -3.97. The molecule has 0 heterocycles. The molecule has 0 radical (unpaired) electrons. The van der Waals surface area contributed by atoms with Crippen molar-refractivity contribution in [3.05, 3.63) is 60.7 Å². The highest BCUT2D eigenvalue weighted by Crippen LogP contribution is 2.16. The Bertz CT molecular complexity index is 830. The van der Waals surface area contributed by atoms with Crippen molar-refractivity contribution in [1.29, 1.82) is 0 Å². The van der Waals surface area contributed by atoms with E-state index in [2.05, 4.69) is 0 Å². The first-order valence-electron chi connectivity index (χ1n) is 6.74. The summed E-state index contributed by atoms with van der Waals surface area (Å²) in [6.07, 6.45) is -0.960. The molecule has 0 bridgehead atoms. The molecule has 23 heavy (non-hydrogen) atoms. The molecule has 0 saturated heterocycles. The minimum Gasteiger partial charge on any atom is -0.264 e. The maximum atomic E-state index is 12.0.